The summed E-state index contributed by atoms with van der Waals surface area (Å²) in [6.07, 6.45) is -0.0380. The van der Waals surface area contributed by atoms with Crippen molar-refractivity contribution < 1.29 is 14.3 Å². The summed E-state index contributed by atoms with van der Waals surface area (Å²) in [4.78, 5) is 11.0. The lowest BCUT2D eigenvalue weighted by molar-refractivity contribution is 0.108. The molecule has 16 heavy (non-hydrogen) atoms. The van der Waals surface area contributed by atoms with Gasteiger partial charge in [0.15, 0.2) is 11.5 Å². The molecule has 0 aliphatic heterocycles. The molecule has 0 atom stereocenters. The third-order valence-electron chi connectivity index (χ3n) is 1.81. The first-order chi connectivity index (χ1) is 7.45. The summed E-state index contributed by atoms with van der Waals surface area (Å²) in [6, 6.07) is 2.95. The molecule has 3 nitrogen and oxygen atoms in total. The summed E-state index contributed by atoms with van der Waals surface area (Å²) >= 11 is 11.4. The molecular weight excluding hydrogens is 251 g/mol. The Morgan fingerprint density at radius 1 is 1.38 bits per heavy atom. The van der Waals surface area contributed by atoms with Gasteiger partial charge in [0.2, 0.25) is 0 Å². The van der Waals surface area contributed by atoms with E-state index in [1.54, 1.807) is 0 Å². The number of hydrogen-bond acceptors (Lipinski definition) is 3. The average molecular weight is 263 g/mol. The van der Waals surface area contributed by atoms with Crippen LogP contribution in [0.5, 0.6) is 11.5 Å². The van der Waals surface area contributed by atoms with E-state index in [-0.39, 0.29) is 11.7 Å². The SMILES string of the molecule is COc1cc(C(=O)Cl)cc(Cl)c1OC(C)C. The lowest BCUT2D eigenvalue weighted by Gasteiger charge is -2.15. The Labute approximate surface area is 104 Å². The lowest BCUT2D eigenvalue weighted by atomic mass is 10.2. The lowest BCUT2D eigenvalue weighted by Crippen LogP contribution is -2.07. The molecular formula is C11H12Cl2O3. The highest BCUT2D eigenvalue weighted by molar-refractivity contribution is 6.67. The third-order valence-corrected chi connectivity index (χ3v) is 2.31. The van der Waals surface area contributed by atoms with Crippen molar-refractivity contribution in [3.63, 3.8) is 0 Å². The predicted octanol–water partition coefficient (Wildman–Crippen LogP) is 3.51. The molecule has 1 aromatic rings. The zero-order valence-electron chi connectivity index (χ0n) is 9.21. The van der Waals surface area contributed by atoms with E-state index in [1.807, 2.05) is 13.8 Å². The molecule has 0 saturated carbocycles. The van der Waals surface area contributed by atoms with Crippen LogP contribution in [0.1, 0.15) is 24.2 Å². The van der Waals surface area contributed by atoms with E-state index in [9.17, 15) is 4.79 Å². The molecule has 1 rings (SSSR count). The minimum atomic E-state index is -0.587. The first kappa shape index (κ1) is 13.1. The van der Waals surface area contributed by atoms with E-state index >= 15 is 0 Å². The molecule has 0 aromatic heterocycles. The van der Waals surface area contributed by atoms with E-state index in [2.05, 4.69) is 0 Å². The summed E-state index contributed by atoms with van der Waals surface area (Å²) in [5, 5.41) is -0.284. The molecule has 0 bridgehead atoms. The van der Waals surface area contributed by atoms with E-state index in [4.69, 9.17) is 32.7 Å². The first-order valence-corrected chi connectivity index (χ1v) is 5.45. The number of carbonyl (C=O) groups excluding carboxylic acids is 1. The summed E-state index contributed by atoms with van der Waals surface area (Å²) in [5.74, 6) is 0.811. The number of ether oxygens (including phenoxy) is 2. The Morgan fingerprint density at radius 2 is 2.00 bits per heavy atom. The third kappa shape index (κ3) is 3.03. The van der Waals surface area contributed by atoms with Gasteiger partial charge < -0.3 is 9.47 Å². The van der Waals surface area contributed by atoms with Crippen molar-refractivity contribution >= 4 is 28.4 Å². The van der Waals surface area contributed by atoms with Crippen molar-refractivity contribution in [1.29, 1.82) is 0 Å². The maximum atomic E-state index is 11.0. The fraction of sp³-hybridized carbons (Fsp3) is 0.364. The monoisotopic (exact) mass is 262 g/mol. The minimum Gasteiger partial charge on any atom is -0.493 e. The van der Waals surface area contributed by atoms with Crippen LogP contribution < -0.4 is 9.47 Å². The summed E-state index contributed by atoms with van der Waals surface area (Å²) in [5.41, 5.74) is 0.277. The van der Waals surface area contributed by atoms with Crippen molar-refractivity contribution in [2.24, 2.45) is 0 Å². The van der Waals surface area contributed by atoms with Crippen LogP contribution in [-0.4, -0.2) is 18.5 Å². The zero-order chi connectivity index (χ0) is 12.3. The van der Waals surface area contributed by atoms with Gasteiger partial charge in [0, 0.05) is 5.56 Å². The van der Waals surface area contributed by atoms with Gasteiger partial charge in [-0.15, -0.1) is 0 Å². The Balaban J connectivity index is 3.23. The van der Waals surface area contributed by atoms with Gasteiger partial charge in [-0.25, -0.2) is 0 Å². The van der Waals surface area contributed by atoms with Crippen LogP contribution in [0.2, 0.25) is 5.02 Å². The molecule has 0 fully saturated rings. The molecule has 1 aromatic carbocycles. The Bertz CT molecular complexity index is 402. The number of rotatable bonds is 4. The second-order valence-electron chi connectivity index (χ2n) is 3.43. The topological polar surface area (TPSA) is 35.5 Å². The van der Waals surface area contributed by atoms with Crippen LogP contribution >= 0.6 is 23.2 Å². The number of hydrogen-bond donors (Lipinski definition) is 0. The molecule has 0 aliphatic carbocycles. The van der Waals surface area contributed by atoms with Crippen molar-refractivity contribution in [2.45, 2.75) is 20.0 Å². The second-order valence-corrected chi connectivity index (χ2v) is 4.18. The molecule has 0 N–H and O–H groups in total. The van der Waals surface area contributed by atoms with Crippen molar-refractivity contribution in [2.75, 3.05) is 7.11 Å². The Kier molecular flexibility index (Phi) is 4.44. The Hall–Kier alpha value is -0.930. The molecule has 0 heterocycles. The summed E-state index contributed by atoms with van der Waals surface area (Å²) in [7, 11) is 1.47. The first-order valence-electron chi connectivity index (χ1n) is 4.69. The quantitative estimate of drug-likeness (QED) is 0.780. The van der Waals surface area contributed by atoms with Crippen molar-refractivity contribution in [3.8, 4) is 11.5 Å². The second kappa shape index (κ2) is 5.41. The smallest absolute Gasteiger partial charge is 0.252 e. The largest absolute Gasteiger partial charge is 0.493 e. The predicted molar refractivity (Wildman–Crippen MR) is 64.0 cm³/mol. The molecule has 0 unspecified atom stereocenters. The van der Waals surface area contributed by atoms with Gasteiger partial charge in [-0.05, 0) is 37.6 Å². The summed E-state index contributed by atoms with van der Waals surface area (Å²) in [6.45, 7) is 3.74. The van der Waals surface area contributed by atoms with Crippen LogP contribution in [0.15, 0.2) is 12.1 Å². The van der Waals surface area contributed by atoms with E-state index in [0.29, 0.717) is 16.5 Å². The fourth-order valence-electron chi connectivity index (χ4n) is 1.18. The highest BCUT2D eigenvalue weighted by atomic mass is 35.5. The van der Waals surface area contributed by atoms with Gasteiger partial charge >= 0.3 is 0 Å². The maximum absolute atomic E-state index is 11.0. The standard InChI is InChI=1S/C11H12Cl2O3/c1-6(2)16-10-8(12)4-7(11(13)14)5-9(10)15-3/h4-6H,1-3H3. The van der Waals surface area contributed by atoms with Gasteiger partial charge in [0.05, 0.1) is 18.2 Å². The van der Waals surface area contributed by atoms with E-state index in [0.717, 1.165) is 0 Å². The van der Waals surface area contributed by atoms with E-state index < -0.39 is 5.24 Å². The van der Waals surface area contributed by atoms with Crippen LogP contribution in [0.25, 0.3) is 0 Å². The fourth-order valence-corrected chi connectivity index (χ4v) is 1.55. The molecule has 0 amide bonds. The molecule has 5 heteroatoms. The van der Waals surface area contributed by atoms with E-state index in [1.165, 1.54) is 19.2 Å². The number of carbonyl (C=O) groups is 1. The van der Waals surface area contributed by atoms with Crippen LogP contribution in [0, 0.1) is 0 Å². The van der Waals surface area contributed by atoms with Crippen molar-refractivity contribution in [3.05, 3.63) is 22.7 Å². The Morgan fingerprint density at radius 3 is 2.44 bits per heavy atom. The normalized spacial score (nSPS) is 10.4. The van der Waals surface area contributed by atoms with Gasteiger partial charge in [0.25, 0.3) is 5.24 Å². The van der Waals surface area contributed by atoms with Crippen LogP contribution in [0.3, 0.4) is 0 Å². The van der Waals surface area contributed by atoms with Gasteiger partial charge in [-0.2, -0.15) is 0 Å². The maximum Gasteiger partial charge on any atom is 0.252 e. The van der Waals surface area contributed by atoms with Gasteiger partial charge in [0.1, 0.15) is 0 Å². The highest BCUT2D eigenvalue weighted by Gasteiger charge is 2.15. The van der Waals surface area contributed by atoms with Gasteiger partial charge in [-0.3, -0.25) is 4.79 Å². The van der Waals surface area contributed by atoms with Crippen LogP contribution in [-0.2, 0) is 0 Å². The average Bonchev–Trinajstić information content (AvgIpc) is 2.19. The molecule has 0 spiro atoms. The zero-order valence-corrected chi connectivity index (χ0v) is 10.7. The minimum absolute atomic E-state index is 0.0380. The summed E-state index contributed by atoms with van der Waals surface area (Å²) < 4.78 is 10.6. The van der Waals surface area contributed by atoms with Gasteiger partial charge in [-0.1, -0.05) is 11.6 Å². The molecule has 0 saturated heterocycles. The highest BCUT2D eigenvalue weighted by Crippen LogP contribution is 2.37. The van der Waals surface area contributed by atoms with Crippen molar-refractivity contribution in [1.82, 2.24) is 0 Å². The number of methoxy groups -OCH3 is 1. The molecule has 0 aliphatic rings. The van der Waals surface area contributed by atoms with Crippen LogP contribution in [0.4, 0.5) is 0 Å². The number of halogens is 2. The number of benzene rings is 1. The molecule has 0 radical (unpaired) electrons. The molecule has 88 valence electrons.